The molecule has 0 bridgehead atoms. The fraction of sp³-hybridized carbons (Fsp3) is 0.312. The summed E-state index contributed by atoms with van der Waals surface area (Å²) in [7, 11) is 0. The van der Waals surface area contributed by atoms with Gasteiger partial charge in [-0.3, -0.25) is 0 Å². The van der Waals surface area contributed by atoms with Gasteiger partial charge >= 0.3 is 0 Å². The van der Waals surface area contributed by atoms with Crippen LogP contribution >= 0.6 is 11.6 Å². The highest BCUT2D eigenvalue weighted by molar-refractivity contribution is 6.31. The first-order valence-electron chi connectivity index (χ1n) is 6.97. The second-order valence-corrected chi connectivity index (χ2v) is 5.47. The molecule has 0 N–H and O–H groups in total. The summed E-state index contributed by atoms with van der Waals surface area (Å²) in [6.45, 7) is 3.28. The Balaban J connectivity index is 1.86. The molecule has 3 nitrogen and oxygen atoms in total. The van der Waals surface area contributed by atoms with Gasteiger partial charge in [0.1, 0.15) is 18.1 Å². The molecule has 1 unspecified atom stereocenters. The standard InChI is InChI=1S/C16H16ClFN2O/c1-2-13-10-21-16(19-13)15-4-3-7-20(15)9-11-5-6-12(18)8-14(11)17/h3-8,13H,2,9-10H2,1H3. The summed E-state index contributed by atoms with van der Waals surface area (Å²) in [6.07, 6.45) is 2.91. The van der Waals surface area contributed by atoms with Crippen LogP contribution in [0, 0.1) is 5.82 Å². The van der Waals surface area contributed by atoms with Gasteiger partial charge in [-0.2, -0.15) is 0 Å². The maximum atomic E-state index is 13.1. The van der Waals surface area contributed by atoms with Gasteiger partial charge in [-0.1, -0.05) is 24.6 Å². The zero-order chi connectivity index (χ0) is 14.8. The van der Waals surface area contributed by atoms with Crippen molar-refractivity contribution in [2.24, 2.45) is 4.99 Å². The molecule has 1 atom stereocenters. The van der Waals surface area contributed by atoms with Crippen molar-refractivity contribution in [1.82, 2.24) is 4.57 Å². The lowest BCUT2D eigenvalue weighted by Crippen LogP contribution is -2.11. The Morgan fingerprint density at radius 3 is 3.00 bits per heavy atom. The SMILES string of the molecule is CCC1COC(c2cccn2Cc2ccc(F)cc2Cl)=N1. The van der Waals surface area contributed by atoms with Gasteiger partial charge in [0.15, 0.2) is 0 Å². The molecule has 2 aromatic rings. The van der Waals surface area contributed by atoms with E-state index in [-0.39, 0.29) is 11.9 Å². The largest absolute Gasteiger partial charge is 0.474 e. The molecule has 0 amide bonds. The first-order chi connectivity index (χ1) is 10.2. The van der Waals surface area contributed by atoms with Gasteiger partial charge in [0, 0.05) is 17.8 Å². The molecule has 0 saturated heterocycles. The average molecular weight is 307 g/mol. The smallest absolute Gasteiger partial charge is 0.233 e. The molecule has 5 heteroatoms. The predicted molar refractivity (Wildman–Crippen MR) is 81.5 cm³/mol. The third-order valence-electron chi connectivity index (χ3n) is 3.59. The van der Waals surface area contributed by atoms with Crippen molar-refractivity contribution in [3.05, 3.63) is 58.6 Å². The van der Waals surface area contributed by atoms with Crippen LogP contribution in [0.3, 0.4) is 0 Å². The molecule has 0 fully saturated rings. The number of aromatic nitrogens is 1. The molecule has 21 heavy (non-hydrogen) atoms. The Hall–Kier alpha value is -1.81. The van der Waals surface area contributed by atoms with E-state index in [2.05, 4.69) is 11.9 Å². The summed E-state index contributed by atoms with van der Waals surface area (Å²) in [5, 5.41) is 0.426. The molecule has 0 spiro atoms. The number of nitrogens with zero attached hydrogens (tertiary/aromatic N) is 2. The van der Waals surface area contributed by atoms with Crippen LogP contribution in [0.1, 0.15) is 24.6 Å². The Morgan fingerprint density at radius 2 is 2.29 bits per heavy atom. The lowest BCUT2D eigenvalue weighted by atomic mass is 10.2. The molecule has 0 saturated carbocycles. The van der Waals surface area contributed by atoms with E-state index in [4.69, 9.17) is 16.3 Å². The summed E-state index contributed by atoms with van der Waals surface area (Å²) in [5.41, 5.74) is 1.78. The molecule has 0 aliphatic carbocycles. The van der Waals surface area contributed by atoms with E-state index in [1.165, 1.54) is 12.1 Å². The number of benzene rings is 1. The fourth-order valence-corrected chi connectivity index (χ4v) is 2.57. The summed E-state index contributed by atoms with van der Waals surface area (Å²) < 4.78 is 20.8. The number of aliphatic imine (C=N–C) groups is 1. The molecule has 3 rings (SSSR count). The quantitative estimate of drug-likeness (QED) is 0.842. The average Bonchev–Trinajstić information content (AvgIpc) is 3.10. The minimum atomic E-state index is -0.328. The van der Waals surface area contributed by atoms with Crippen molar-refractivity contribution in [2.45, 2.75) is 25.9 Å². The number of ether oxygens (including phenoxy) is 1. The van der Waals surface area contributed by atoms with Crippen molar-refractivity contribution >= 4 is 17.5 Å². The van der Waals surface area contributed by atoms with Gasteiger partial charge in [0.2, 0.25) is 5.90 Å². The number of hydrogen-bond donors (Lipinski definition) is 0. The van der Waals surface area contributed by atoms with Gasteiger partial charge in [-0.15, -0.1) is 0 Å². The summed E-state index contributed by atoms with van der Waals surface area (Å²) >= 11 is 6.09. The van der Waals surface area contributed by atoms with Crippen LogP contribution in [0.25, 0.3) is 0 Å². The van der Waals surface area contributed by atoms with E-state index in [1.807, 2.05) is 22.9 Å². The summed E-state index contributed by atoms with van der Waals surface area (Å²) in [5.74, 6) is 0.343. The monoisotopic (exact) mass is 306 g/mol. The van der Waals surface area contributed by atoms with E-state index < -0.39 is 0 Å². The molecule has 1 aliphatic heterocycles. The highest BCUT2D eigenvalue weighted by Crippen LogP contribution is 2.21. The van der Waals surface area contributed by atoms with Gasteiger partial charge < -0.3 is 9.30 Å². The Morgan fingerprint density at radius 1 is 1.43 bits per heavy atom. The van der Waals surface area contributed by atoms with Crippen molar-refractivity contribution in [3.8, 4) is 0 Å². The van der Waals surface area contributed by atoms with E-state index in [0.717, 1.165) is 17.7 Å². The van der Waals surface area contributed by atoms with Crippen LogP contribution in [0.2, 0.25) is 5.02 Å². The van der Waals surface area contributed by atoms with Crippen molar-refractivity contribution < 1.29 is 9.13 Å². The maximum Gasteiger partial charge on any atom is 0.233 e. The van der Waals surface area contributed by atoms with Crippen molar-refractivity contribution in [1.29, 1.82) is 0 Å². The number of rotatable bonds is 4. The normalized spacial score (nSPS) is 17.7. The van der Waals surface area contributed by atoms with Gasteiger partial charge in [-0.05, 0) is 36.2 Å². The fourth-order valence-electron chi connectivity index (χ4n) is 2.34. The van der Waals surface area contributed by atoms with Crippen LogP contribution < -0.4 is 0 Å². The Labute approximate surface area is 128 Å². The van der Waals surface area contributed by atoms with E-state index >= 15 is 0 Å². The highest BCUT2D eigenvalue weighted by atomic mass is 35.5. The second-order valence-electron chi connectivity index (χ2n) is 5.06. The summed E-state index contributed by atoms with van der Waals surface area (Å²) in [6, 6.07) is 8.59. The van der Waals surface area contributed by atoms with Crippen LogP contribution in [-0.4, -0.2) is 23.1 Å². The first kappa shape index (κ1) is 14.1. The van der Waals surface area contributed by atoms with E-state index in [0.29, 0.717) is 24.1 Å². The molecular formula is C16H16ClFN2O. The van der Waals surface area contributed by atoms with Gasteiger partial charge in [-0.25, -0.2) is 9.38 Å². The summed E-state index contributed by atoms with van der Waals surface area (Å²) in [4.78, 5) is 4.57. The number of hydrogen-bond acceptors (Lipinski definition) is 2. The van der Waals surface area contributed by atoms with Gasteiger partial charge in [0.25, 0.3) is 0 Å². The van der Waals surface area contributed by atoms with Crippen LogP contribution in [0.4, 0.5) is 4.39 Å². The van der Waals surface area contributed by atoms with Crippen LogP contribution in [0.15, 0.2) is 41.5 Å². The zero-order valence-electron chi connectivity index (χ0n) is 11.7. The predicted octanol–water partition coefficient (Wildman–Crippen LogP) is 3.88. The van der Waals surface area contributed by atoms with E-state index in [9.17, 15) is 4.39 Å². The van der Waals surface area contributed by atoms with Crippen LogP contribution in [-0.2, 0) is 11.3 Å². The molecule has 0 radical (unpaired) electrons. The Kier molecular flexibility index (Phi) is 3.97. The second kappa shape index (κ2) is 5.90. The minimum absolute atomic E-state index is 0.234. The topological polar surface area (TPSA) is 26.5 Å². The maximum absolute atomic E-state index is 13.1. The number of halogens is 2. The third kappa shape index (κ3) is 2.95. The first-order valence-corrected chi connectivity index (χ1v) is 7.35. The zero-order valence-corrected chi connectivity index (χ0v) is 12.5. The Bertz CT molecular complexity index is 681. The minimum Gasteiger partial charge on any atom is -0.474 e. The molecule has 110 valence electrons. The molecule has 2 heterocycles. The van der Waals surface area contributed by atoms with E-state index in [1.54, 1.807) is 6.07 Å². The third-order valence-corrected chi connectivity index (χ3v) is 3.94. The van der Waals surface area contributed by atoms with Crippen molar-refractivity contribution in [3.63, 3.8) is 0 Å². The van der Waals surface area contributed by atoms with Gasteiger partial charge in [0.05, 0.1) is 6.04 Å². The lowest BCUT2D eigenvalue weighted by Gasteiger charge is -2.10. The van der Waals surface area contributed by atoms with Crippen molar-refractivity contribution in [2.75, 3.05) is 6.61 Å². The lowest BCUT2D eigenvalue weighted by molar-refractivity contribution is 0.313. The highest BCUT2D eigenvalue weighted by Gasteiger charge is 2.21. The van der Waals surface area contributed by atoms with Crippen LogP contribution in [0.5, 0.6) is 0 Å². The molecule has 1 aromatic carbocycles. The molecule has 1 aromatic heterocycles. The molecule has 1 aliphatic rings. The molecular weight excluding hydrogens is 291 g/mol.